The lowest BCUT2D eigenvalue weighted by molar-refractivity contribution is 0.0288. The second-order valence-electron chi connectivity index (χ2n) is 8.71. The molecule has 33 heavy (non-hydrogen) atoms. The van der Waals surface area contributed by atoms with Gasteiger partial charge >= 0.3 is 0 Å². The summed E-state index contributed by atoms with van der Waals surface area (Å²) in [7, 11) is 3.72. The van der Waals surface area contributed by atoms with Crippen molar-refractivity contribution >= 4 is 11.6 Å². The zero-order valence-electron chi connectivity index (χ0n) is 19.5. The van der Waals surface area contributed by atoms with Crippen LogP contribution in [-0.2, 0) is 13.2 Å². The van der Waals surface area contributed by atoms with Crippen LogP contribution in [-0.4, -0.2) is 46.1 Å². The van der Waals surface area contributed by atoms with E-state index in [2.05, 4.69) is 17.0 Å². The number of likely N-dealkylation sites (N-methyl/N-ethyl adjacent to an activating group) is 1. The SMILES string of the molecule is COc1cc(CN(C)[C@H]2CCCC[C@@H]2O)ccc1OCc1c(C)nn(-c2ccccc2)c1Cl. The molecule has 2 aromatic carbocycles. The molecule has 1 N–H and O–H groups in total. The highest BCUT2D eigenvalue weighted by Crippen LogP contribution is 2.32. The van der Waals surface area contributed by atoms with Crippen molar-refractivity contribution in [2.45, 2.75) is 57.9 Å². The van der Waals surface area contributed by atoms with Gasteiger partial charge in [0.25, 0.3) is 0 Å². The number of ether oxygens (including phenoxy) is 2. The number of rotatable bonds is 8. The third-order valence-corrected chi connectivity index (χ3v) is 6.80. The Morgan fingerprint density at radius 2 is 1.88 bits per heavy atom. The van der Waals surface area contributed by atoms with Crippen molar-refractivity contribution in [3.63, 3.8) is 0 Å². The molecule has 0 radical (unpaired) electrons. The first kappa shape index (κ1) is 23.6. The molecule has 176 valence electrons. The van der Waals surface area contributed by atoms with Gasteiger partial charge in [0.1, 0.15) is 11.8 Å². The maximum absolute atomic E-state index is 10.4. The Kier molecular flexibility index (Phi) is 7.58. The van der Waals surface area contributed by atoms with Gasteiger partial charge in [-0.1, -0.05) is 48.7 Å². The minimum Gasteiger partial charge on any atom is -0.493 e. The van der Waals surface area contributed by atoms with Crippen molar-refractivity contribution in [3.8, 4) is 17.2 Å². The fourth-order valence-corrected chi connectivity index (χ4v) is 4.85. The summed E-state index contributed by atoms with van der Waals surface area (Å²) in [5.41, 5.74) is 3.70. The van der Waals surface area contributed by atoms with E-state index in [0.717, 1.165) is 48.3 Å². The van der Waals surface area contributed by atoms with Crippen LogP contribution in [0.2, 0.25) is 5.15 Å². The van der Waals surface area contributed by atoms with Crippen LogP contribution in [0.5, 0.6) is 11.5 Å². The molecular formula is C26H32ClN3O3. The number of para-hydroxylation sites is 1. The molecule has 2 atom stereocenters. The van der Waals surface area contributed by atoms with Gasteiger partial charge < -0.3 is 14.6 Å². The Hall–Kier alpha value is -2.54. The molecule has 0 aliphatic heterocycles. The first-order chi connectivity index (χ1) is 16.0. The van der Waals surface area contributed by atoms with Crippen molar-refractivity contribution in [1.82, 2.24) is 14.7 Å². The van der Waals surface area contributed by atoms with E-state index < -0.39 is 0 Å². The summed E-state index contributed by atoms with van der Waals surface area (Å²) in [5.74, 6) is 1.33. The highest BCUT2D eigenvalue weighted by molar-refractivity contribution is 6.30. The van der Waals surface area contributed by atoms with Crippen molar-refractivity contribution in [2.75, 3.05) is 14.2 Å². The molecule has 4 rings (SSSR count). The third-order valence-electron chi connectivity index (χ3n) is 6.41. The standard InChI is InChI=1S/C26H32ClN3O3/c1-18-21(26(27)30(28-18)20-9-5-4-6-10-20)17-33-24-14-13-19(15-25(24)32-3)16-29(2)22-11-7-8-12-23(22)31/h4-6,9-10,13-15,22-23,31H,7-8,11-12,16-17H2,1-3H3/t22-,23-/m0/s1. The first-order valence-corrected chi connectivity index (χ1v) is 11.8. The lowest BCUT2D eigenvalue weighted by Crippen LogP contribution is -2.42. The van der Waals surface area contributed by atoms with E-state index in [9.17, 15) is 5.11 Å². The fraction of sp³-hybridized carbons (Fsp3) is 0.423. The summed E-state index contributed by atoms with van der Waals surface area (Å²) in [5, 5.41) is 15.5. The number of hydrogen-bond donors (Lipinski definition) is 1. The maximum Gasteiger partial charge on any atom is 0.161 e. The normalized spacial score (nSPS) is 18.5. The number of aliphatic hydroxyl groups excluding tert-OH is 1. The topological polar surface area (TPSA) is 59.8 Å². The molecule has 0 unspecified atom stereocenters. The molecule has 1 heterocycles. The van der Waals surface area contributed by atoms with Gasteiger partial charge in [0.2, 0.25) is 0 Å². The molecule has 0 amide bonds. The molecular weight excluding hydrogens is 438 g/mol. The predicted octanol–water partition coefficient (Wildman–Crippen LogP) is 5.16. The van der Waals surface area contributed by atoms with Gasteiger partial charge in [0.15, 0.2) is 11.5 Å². The van der Waals surface area contributed by atoms with E-state index in [0.29, 0.717) is 23.3 Å². The van der Waals surface area contributed by atoms with Gasteiger partial charge in [-0.2, -0.15) is 5.10 Å². The Bertz CT molecular complexity index is 1070. The van der Waals surface area contributed by atoms with E-state index in [1.165, 1.54) is 6.42 Å². The average molecular weight is 470 g/mol. The quantitative estimate of drug-likeness (QED) is 0.494. The molecule has 3 aromatic rings. The van der Waals surface area contributed by atoms with Crippen LogP contribution >= 0.6 is 11.6 Å². The van der Waals surface area contributed by atoms with E-state index in [-0.39, 0.29) is 12.1 Å². The summed E-state index contributed by atoms with van der Waals surface area (Å²) < 4.78 is 13.4. The van der Waals surface area contributed by atoms with Crippen molar-refractivity contribution in [2.24, 2.45) is 0 Å². The Morgan fingerprint density at radius 3 is 2.61 bits per heavy atom. The van der Waals surface area contributed by atoms with Gasteiger partial charge in [-0.3, -0.25) is 4.90 Å². The number of benzene rings is 2. The Balaban J connectivity index is 1.45. The van der Waals surface area contributed by atoms with Crippen LogP contribution < -0.4 is 9.47 Å². The number of hydrogen-bond acceptors (Lipinski definition) is 5. The van der Waals surface area contributed by atoms with Crippen LogP contribution in [0.4, 0.5) is 0 Å². The van der Waals surface area contributed by atoms with Gasteiger partial charge in [0, 0.05) is 18.2 Å². The van der Waals surface area contributed by atoms with E-state index >= 15 is 0 Å². The van der Waals surface area contributed by atoms with Crippen molar-refractivity contribution in [3.05, 3.63) is 70.5 Å². The van der Waals surface area contributed by atoms with Crippen LogP contribution in [0.1, 0.15) is 42.5 Å². The third kappa shape index (κ3) is 5.35. The number of halogens is 1. The summed E-state index contributed by atoms with van der Waals surface area (Å²) in [6.45, 7) is 2.97. The summed E-state index contributed by atoms with van der Waals surface area (Å²) in [6, 6.07) is 16.0. The minimum absolute atomic E-state index is 0.201. The summed E-state index contributed by atoms with van der Waals surface area (Å²) >= 11 is 6.64. The molecule has 7 heteroatoms. The number of aromatic nitrogens is 2. The monoisotopic (exact) mass is 469 g/mol. The Morgan fingerprint density at radius 1 is 1.12 bits per heavy atom. The highest BCUT2D eigenvalue weighted by atomic mass is 35.5. The first-order valence-electron chi connectivity index (χ1n) is 11.5. The molecule has 0 bridgehead atoms. The van der Waals surface area contributed by atoms with Gasteiger partial charge in [-0.25, -0.2) is 4.68 Å². The van der Waals surface area contributed by atoms with Crippen LogP contribution in [0.3, 0.4) is 0 Å². The number of aryl methyl sites for hydroxylation is 1. The van der Waals surface area contributed by atoms with Crippen LogP contribution in [0, 0.1) is 6.92 Å². The molecule has 0 spiro atoms. The summed E-state index contributed by atoms with van der Waals surface area (Å²) in [4.78, 5) is 2.24. The zero-order chi connectivity index (χ0) is 23.4. The van der Waals surface area contributed by atoms with E-state index in [1.54, 1.807) is 11.8 Å². The Labute approximate surface area is 200 Å². The van der Waals surface area contributed by atoms with Gasteiger partial charge in [0.05, 0.1) is 24.6 Å². The molecule has 1 fully saturated rings. The van der Waals surface area contributed by atoms with Crippen LogP contribution in [0.25, 0.3) is 5.69 Å². The zero-order valence-corrected chi connectivity index (χ0v) is 20.3. The molecule has 6 nitrogen and oxygen atoms in total. The number of methoxy groups -OCH3 is 1. The van der Waals surface area contributed by atoms with Crippen molar-refractivity contribution < 1.29 is 14.6 Å². The van der Waals surface area contributed by atoms with Gasteiger partial charge in [-0.05, 0) is 56.6 Å². The van der Waals surface area contributed by atoms with Crippen LogP contribution in [0.15, 0.2) is 48.5 Å². The second kappa shape index (κ2) is 10.6. The molecule has 1 aliphatic carbocycles. The number of nitrogens with zero attached hydrogens (tertiary/aromatic N) is 3. The largest absolute Gasteiger partial charge is 0.493 e. The fourth-order valence-electron chi connectivity index (χ4n) is 4.53. The van der Waals surface area contributed by atoms with E-state index in [1.807, 2.05) is 55.5 Å². The molecule has 0 saturated heterocycles. The lowest BCUT2D eigenvalue weighted by atomic mass is 9.91. The predicted molar refractivity (Wildman–Crippen MR) is 130 cm³/mol. The average Bonchev–Trinajstić information content (AvgIpc) is 3.12. The smallest absolute Gasteiger partial charge is 0.161 e. The van der Waals surface area contributed by atoms with E-state index in [4.69, 9.17) is 21.1 Å². The lowest BCUT2D eigenvalue weighted by Gasteiger charge is -2.35. The molecule has 1 saturated carbocycles. The van der Waals surface area contributed by atoms with Gasteiger partial charge in [-0.15, -0.1) is 0 Å². The maximum atomic E-state index is 10.4. The molecule has 1 aromatic heterocycles. The minimum atomic E-state index is -0.252. The summed E-state index contributed by atoms with van der Waals surface area (Å²) in [6.07, 6.45) is 3.95. The number of aliphatic hydroxyl groups is 1. The highest BCUT2D eigenvalue weighted by Gasteiger charge is 2.26. The van der Waals surface area contributed by atoms with Crippen molar-refractivity contribution in [1.29, 1.82) is 0 Å². The second-order valence-corrected chi connectivity index (χ2v) is 9.07. The molecule has 1 aliphatic rings.